The van der Waals surface area contributed by atoms with E-state index < -0.39 is 0 Å². The van der Waals surface area contributed by atoms with Gasteiger partial charge in [0.1, 0.15) is 0 Å². The van der Waals surface area contributed by atoms with E-state index in [1.807, 2.05) is 0 Å². The van der Waals surface area contributed by atoms with E-state index in [2.05, 4.69) is 5.32 Å². The van der Waals surface area contributed by atoms with Gasteiger partial charge in [-0.25, -0.2) is 5.32 Å². The molecule has 0 bridgehead atoms. The van der Waals surface area contributed by atoms with Crippen molar-refractivity contribution in [1.29, 1.82) is 0 Å². The number of amides is 1. The molecule has 1 fully saturated rings. The number of nitrogens with two attached hydrogens (primary N) is 1. The summed E-state index contributed by atoms with van der Waals surface area (Å²) in [6, 6.07) is 0. The Morgan fingerprint density at radius 3 is 2.55 bits per heavy atom. The van der Waals surface area contributed by atoms with Gasteiger partial charge in [-0.3, -0.25) is 4.79 Å². The Morgan fingerprint density at radius 1 is 1.36 bits per heavy atom. The maximum atomic E-state index is 11.2. The topological polar surface area (TPSA) is 57.2 Å². The van der Waals surface area contributed by atoms with Crippen LogP contribution >= 0.6 is 0 Å². The Bertz CT molecular complexity index is 130. The lowest BCUT2D eigenvalue weighted by Gasteiger charge is -2.18. The second kappa shape index (κ2) is 4.34. The van der Waals surface area contributed by atoms with Crippen LogP contribution < -0.4 is 11.1 Å². The summed E-state index contributed by atoms with van der Waals surface area (Å²) in [7, 11) is 0. The Balaban J connectivity index is 2.27. The molecular weight excluding hydrogens is 140 g/mol. The van der Waals surface area contributed by atoms with Gasteiger partial charge in [0.25, 0.3) is 0 Å². The van der Waals surface area contributed by atoms with E-state index in [1.54, 1.807) is 0 Å². The summed E-state index contributed by atoms with van der Waals surface area (Å²) in [4.78, 5) is 11.2. The van der Waals surface area contributed by atoms with Crippen molar-refractivity contribution in [2.75, 3.05) is 6.67 Å². The maximum Gasteiger partial charge on any atom is 0.245 e. The zero-order chi connectivity index (χ0) is 8.10. The first-order valence-electron chi connectivity index (χ1n) is 4.26. The molecule has 1 rings (SSSR count). The molecule has 0 aromatic rings. The number of hydrogen-bond donors (Lipinski definition) is 1. The molecule has 11 heavy (non-hydrogen) atoms. The highest BCUT2D eigenvalue weighted by Crippen LogP contribution is 2.23. The van der Waals surface area contributed by atoms with Crippen LogP contribution in [0.4, 0.5) is 0 Å². The molecule has 0 saturated heterocycles. The molecule has 0 aliphatic heterocycles. The second-order valence-corrected chi connectivity index (χ2v) is 3.01. The molecule has 2 N–H and O–H groups in total. The van der Waals surface area contributed by atoms with Crippen molar-refractivity contribution in [3.8, 4) is 0 Å². The molecule has 3 nitrogen and oxygen atoms in total. The molecule has 0 spiro atoms. The van der Waals surface area contributed by atoms with Crippen LogP contribution in [0.2, 0.25) is 0 Å². The van der Waals surface area contributed by atoms with Gasteiger partial charge in [0.05, 0.1) is 6.67 Å². The Kier molecular flexibility index (Phi) is 3.36. The summed E-state index contributed by atoms with van der Waals surface area (Å²) in [5, 5.41) is 3.69. The van der Waals surface area contributed by atoms with Gasteiger partial charge in [0.15, 0.2) is 0 Å². The molecule has 0 aromatic carbocycles. The van der Waals surface area contributed by atoms with Crippen molar-refractivity contribution in [1.82, 2.24) is 5.32 Å². The number of rotatable bonds is 2. The molecule has 1 saturated carbocycles. The zero-order valence-electron chi connectivity index (χ0n) is 6.75. The van der Waals surface area contributed by atoms with Crippen LogP contribution in [0.3, 0.4) is 0 Å². The molecule has 1 amide bonds. The average molecular weight is 155 g/mol. The summed E-state index contributed by atoms with van der Waals surface area (Å²) in [5.74, 6) is 0.208. The van der Waals surface area contributed by atoms with Crippen molar-refractivity contribution in [3.63, 3.8) is 0 Å². The van der Waals surface area contributed by atoms with Crippen molar-refractivity contribution in [3.05, 3.63) is 0 Å². The largest absolute Gasteiger partial charge is 0.312 e. The lowest BCUT2D eigenvalue weighted by molar-refractivity contribution is -0.126. The van der Waals surface area contributed by atoms with E-state index >= 15 is 0 Å². The van der Waals surface area contributed by atoms with Crippen LogP contribution in [0.5, 0.6) is 0 Å². The van der Waals surface area contributed by atoms with Crippen LogP contribution in [-0.4, -0.2) is 12.6 Å². The Morgan fingerprint density at radius 2 is 2.00 bits per heavy atom. The summed E-state index contributed by atoms with van der Waals surface area (Å²) >= 11 is 0. The fourth-order valence-corrected chi connectivity index (χ4v) is 1.57. The first-order valence-corrected chi connectivity index (χ1v) is 4.26. The van der Waals surface area contributed by atoms with E-state index in [1.165, 1.54) is 19.3 Å². The molecule has 3 heteroatoms. The smallest absolute Gasteiger partial charge is 0.245 e. The van der Waals surface area contributed by atoms with Crippen LogP contribution in [-0.2, 0) is 4.79 Å². The van der Waals surface area contributed by atoms with Gasteiger partial charge in [-0.15, -0.1) is 0 Å². The van der Waals surface area contributed by atoms with Crippen LogP contribution in [0.25, 0.3) is 0 Å². The van der Waals surface area contributed by atoms with Gasteiger partial charge in [-0.05, 0) is 12.8 Å². The van der Waals surface area contributed by atoms with Crippen molar-refractivity contribution in [2.24, 2.45) is 11.7 Å². The van der Waals surface area contributed by atoms with Crippen LogP contribution in [0, 0.1) is 5.92 Å². The summed E-state index contributed by atoms with van der Waals surface area (Å²) in [6.45, 7) is 0.148. The Hall–Kier alpha value is -0.570. The fraction of sp³-hybridized carbons (Fsp3) is 0.875. The first kappa shape index (κ1) is 8.53. The third-order valence-corrected chi connectivity index (χ3v) is 2.20. The summed E-state index contributed by atoms with van der Waals surface area (Å²) in [5.41, 5.74) is 5.15. The molecule has 63 valence electrons. The predicted octanol–water partition coefficient (Wildman–Crippen LogP) is 0.614. The second-order valence-electron chi connectivity index (χ2n) is 3.01. The third kappa shape index (κ3) is 2.50. The van der Waals surface area contributed by atoms with E-state index in [0.29, 0.717) is 0 Å². The highest BCUT2D eigenvalue weighted by atomic mass is 16.1. The van der Waals surface area contributed by atoms with E-state index in [4.69, 9.17) is 5.73 Å². The van der Waals surface area contributed by atoms with Gasteiger partial charge in [-0.2, -0.15) is 0 Å². The minimum Gasteiger partial charge on any atom is -0.312 e. The number of hydrogen-bond acceptors (Lipinski definition) is 2. The number of carbonyl (C=O) groups is 1. The molecule has 0 aromatic heterocycles. The molecular formula is C8H15N2O. The number of nitrogens with zero attached hydrogens (tertiary/aromatic N) is 1. The molecule has 0 unspecified atom stereocenters. The Labute approximate surface area is 67.3 Å². The molecule has 1 aliphatic rings. The average Bonchev–Trinajstić information content (AvgIpc) is 2.07. The van der Waals surface area contributed by atoms with Gasteiger partial charge < -0.3 is 5.73 Å². The first-order chi connectivity index (χ1) is 5.34. The van der Waals surface area contributed by atoms with E-state index in [-0.39, 0.29) is 18.5 Å². The monoisotopic (exact) mass is 155 g/mol. The lowest BCUT2D eigenvalue weighted by Crippen LogP contribution is -2.30. The molecule has 1 aliphatic carbocycles. The van der Waals surface area contributed by atoms with Gasteiger partial charge in [-0.1, -0.05) is 19.3 Å². The van der Waals surface area contributed by atoms with Gasteiger partial charge in [0, 0.05) is 5.92 Å². The molecule has 0 heterocycles. The highest BCUT2D eigenvalue weighted by Gasteiger charge is 2.20. The zero-order valence-corrected chi connectivity index (χ0v) is 6.75. The quantitative estimate of drug-likeness (QED) is 0.635. The standard InChI is InChI=1S/C8H15N2O/c9-6-10-8(11)7-4-2-1-3-5-7/h7H,1-6,9H2. The maximum absolute atomic E-state index is 11.2. The SMILES string of the molecule is NC[N]C(=O)C1CCCCC1. The van der Waals surface area contributed by atoms with Gasteiger partial charge in [0.2, 0.25) is 5.91 Å². The minimum absolute atomic E-state index is 0.0206. The number of carbonyl (C=O) groups excluding carboxylic acids is 1. The highest BCUT2D eigenvalue weighted by molar-refractivity contribution is 5.78. The summed E-state index contributed by atoms with van der Waals surface area (Å²) < 4.78 is 0. The van der Waals surface area contributed by atoms with Crippen molar-refractivity contribution in [2.45, 2.75) is 32.1 Å². The fourth-order valence-electron chi connectivity index (χ4n) is 1.57. The van der Waals surface area contributed by atoms with Crippen molar-refractivity contribution < 1.29 is 4.79 Å². The molecule has 1 radical (unpaired) electrons. The van der Waals surface area contributed by atoms with E-state index in [9.17, 15) is 4.79 Å². The van der Waals surface area contributed by atoms with Gasteiger partial charge >= 0.3 is 0 Å². The lowest BCUT2D eigenvalue weighted by atomic mass is 9.89. The predicted molar refractivity (Wildman–Crippen MR) is 42.8 cm³/mol. The van der Waals surface area contributed by atoms with Crippen molar-refractivity contribution >= 4 is 5.91 Å². The third-order valence-electron chi connectivity index (χ3n) is 2.20. The normalized spacial score (nSPS) is 19.7. The van der Waals surface area contributed by atoms with Crippen LogP contribution in [0.1, 0.15) is 32.1 Å². The van der Waals surface area contributed by atoms with E-state index in [0.717, 1.165) is 12.8 Å². The summed E-state index contributed by atoms with van der Waals surface area (Å²) in [6.07, 6.45) is 5.66. The van der Waals surface area contributed by atoms with Crippen LogP contribution in [0.15, 0.2) is 0 Å². The molecule has 0 atom stereocenters. The minimum atomic E-state index is 0.0206.